The van der Waals surface area contributed by atoms with Gasteiger partial charge < -0.3 is 29.3 Å². The summed E-state index contributed by atoms with van der Waals surface area (Å²) in [6.45, 7) is 2.54. The number of benzene rings is 2. The van der Waals surface area contributed by atoms with Crippen molar-refractivity contribution in [1.82, 2.24) is 4.90 Å². The maximum atomic E-state index is 13.0. The summed E-state index contributed by atoms with van der Waals surface area (Å²) in [7, 11) is 1.56. The molecule has 2 aliphatic heterocycles. The van der Waals surface area contributed by atoms with Gasteiger partial charge in [-0.05, 0) is 24.3 Å². The first-order valence-electron chi connectivity index (χ1n) is 9.96. The van der Waals surface area contributed by atoms with Crippen LogP contribution in [-0.2, 0) is 14.3 Å². The monoisotopic (exact) mass is 411 g/mol. The maximum Gasteiger partial charge on any atom is 0.265 e. The lowest BCUT2D eigenvalue weighted by atomic mass is 10.1. The molecule has 0 unspecified atom stereocenters. The van der Waals surface area contributed by atoms with Gasteiger partial charge in [-0.25, -0.2) is 0 Å². The molecule has 4 rings (SSSR count). The van der Waals surface area contributed by atoms with E-state index < -0.39 is 6.10 Å². The number of rotatable bonds is 5. The molecule has 2 aromatic rings. The number of carbonyl (C=O) groups excluding carboxylic acids is 2. The van der Waals surface area contributed by atoms with Gasteiger partial charge in [-0.15, -0.1) is 0 Å². The van der Waals surface area contributed by atoms with Crippen LogP contribution in [0.1, 0.15) is 0 Å². The molecule has 158 valence electrons. The van der Waals surface area contributed by atoms with Gasteiger partial charge in [0.1, 0.15) is 11.5 Å². The smallest absolute Gasteiger partial charge is 0.265 e. The fourth-order valence-corrected chi connectivity index (χ4v) is 3.68. The van der Waals surface area contributed by atoms with E-state index in [1.807, 2.05) is 41.3 Å². The van der Waals surface area contributed by atoms with Crippen molar-refractivity contribution in [3.05, 3.63) is 48.5 Å². The van der Waals surface area contributed by atoms with Crippen molar-refractivity contribution in [3.63, 3.8) is 0 Å². The Bertz CT molecular complexity index is 913. The molecule has 1 N–H and O–H groups in total. The van der Waals surface area contributed by atoms with E-state index in [0.29, 0.717) is 50.0 Å². The van der Waals surface area contributed by atoms with Gasteiger partial charge in [0, 0.05) is 13.1 Å². The van der Waals surface area contributed by atoms with E-state index in [1.54, 1.807) is 24.1 Å². The van der Waals surface area contributed by atoms with E-state index in [2.05, 4.69) is 5.32 Å². The number of hydrogen-bond donors (Lipinski definition) is 1. The highest BCUT2D eigenvalue weighted by Gasteiger charge is 2.34. The Morgan fingerprint density at radius 3 is 2.63 bits per heavy atom. The first-order valence-corrected chi connectivity index (χ1v) is 9.96. The van der Waals surface area contributed by atoms with Crippen LogP contribution in [0.3, 0.4) is 0 Å². The highest BCUT2D eigenvalue weighted by atomic mass is 16.5. The first-order chi connectivity index (χ1) is 14.7. The number of ether oxygens (including phenoxy) is 3. The average Bonchev–Trinajstić information content (AvgIpc) is 2.79. The van der Waals surface area contributed by atoms with Crippen LogP contribution in [0, 0.1) is 0 Å². The largest absolute Gasteiger partial charge is 0.495 e. The summed E-state index contributed by atoms with van der Waals surface area (Å²) in [5, 5.41) is 2.89. The molecule has 0 bridgehead atoms. The van der Waals surface area contributed by atoms with E-state index in [0.717, 1.165) is 5.69 Å². The third-order valence-corrected chi connectivity index (χ3v) is 5.18. The topological polar surface area (TPSA) is 80.3 Å². The molecule has 2 amide bonds. The van der Waals surface area contributed by atoms with Crippen LogP contribution < -0.4 is 19.7 Å². The Morgan fingerprint density at radius 2 is 1.83 bits per heavy atom. The van der Waals surface area contributed by atoms with E-state index >= 15 is 0 Å². The number of anilines is 2. The van der Waals surface area contributed by atoms with Gasteiger partial charge in [0.15, 0.2) is 6.10 Å². The minimum absolute atomic E-state index is 0.0806. The molecular formula is C22H25N3O5. The van der Waals surface area contributed by atoms with Crippen LogP contribution in [0.25, 0.3) is 0 Å². The van der Waals surface area contributed by atoms with Crippen molar-refractivity contribution in [2.45, 2.75) is 6.10 Å². The Morgan fingerprint density at radius 1 is 1.10 bits per heavy atom. The molecule has 1 saturated heterocycles. The molecule has 2 heterocycles. The fraction of sp³-hybridized carbons (Fsp3) is 0.364. The van der Waals surface area contributed by atoms with E-state index in [4.69, 9.17) is 14.2 Å². The molecule has 0 spiro atoms. The number of morpholine rings is 1. The summed E-state index contributed by atoms with van der Waals surface area (Å²) >= 11 is 0. The van der Waals surface area contributed by atoms with Crippen molar-refractivity contribution in [2.24, 2.45) is 0 Å². The standard InChI is InChI=1S/C22H25N3O5/c1-28-18-8-4-2-6-16(18)23-21(26)15-25-14-20(22(27)24-10-12-29-13-11-24)30-19-9-5-3-7-17(19)25/h2-9,20H,10-15H2,1H3,(H,23,26)/t20-/m0/s1. The van der Waals surface area contributed by atoms with Crippen molar-refractivity contribution < 1.29 is 23.8 Å². The lowest BCUT2D eigenvalue weighted by Crippen LogP contribution is -2.53. The summed E-state index contributed by atoms with van der Waals surface area (Å²) in [5.74, 6) is 0.908. The molecule has 8 heteroatoms. The quantitative estimate of drug-likeness (QED) is 0.808. The Balaban J connectivity index is 1.49. The molecule has 1 fully saturated rings. The number of carbonyl (C=O) groups is 2. The molecule has 1 atom stereocenters. The van der Waals surface area contributed by atoms with Crippen molar-refractivity contribution in [2.75, 3.05) is 56.7 Å². The zero-order valence-electron chi connectivity index (χ0n) is 16.9. The van der Waals surface area contributed by atoms with Gasteiger partial charge in [0.2, 0.25) is 5.91 Å². The lowest BCUT2D eigenvalue weighted by Gasteiger charge is -2.38. The molecule has 0 aromatic heterocycles. The molecule has 0 radical (unpaired) electrons. The molecule has 8 nitrogen and oxygen atoms in total. The van der Waals surface area contributed by atoms with Gasteiger partial charge in [-0.3, -0.25) is 9.59 Å². The van der Waals surface area contributed by atoms with Crippen molar-refractivity contribution >= 4 is 23.2 Å². The number of methoxy groups -OCH3 is 1. The second-order valence-corrected chi connectivity index (χ2v) is 7.14. The number of nitrogens with zero attached hydrogens (tertiary/aromatic N) is 2. The lowest BCUT2D eigenvalue weighted by molar-refractivity contribution is -0.142. The first kappa shape index (κ1) is 20.0. The van der Waals surface area contributed by atoms with Crippen LogP contribution >= 0.6 is 0 Å². The third kappa shape index (κ3) is 4.33. The third-order valence-electron chi connectivity index (χ3n) is 5.18. The number of fused-ring (bicyclic) bond motifs is 1. The molecule has 0 aliphatic carbocycles. The average molecular weight is 411 g/mol. The Kier molecular flexibility index (Phi) is 6.04. The predicted octanol–water partition coefficient (Wildman–Crippen LogP) is 1.76. The van der Waals surface area contributed by atoms with Gasteiger partial charge in [-0.2, -0.15) is 0 Å². The molecule has 30 heavy (non-hydrogen) atoms. The summed E-state index contributed by atoms with van der Waals surface area (Å²) in [6.07, 6.45) is -0.669. The number of para-hydroxylation sites is 4. The summed E-state index contributed by atoms with van der Waals surface area (Å²) in [4.78, 5) is 29.4. The second-order valence-electron chi connectivity index (χ2n) is 7.14. The summed E-state index contributed by atoms with van der Waals surface area (Å²) in [5.41, 5.74) is 1.39. The van der Waals surface area contributed by atoms with E-state index in [-0.39, 0.29) is 18.4 Å². The van der Waals surface area contributed by atoms with E-state index in [1.165, 1.54) is 0 Å². The summed E-state index contributed by atoms with van der Waals surface area (Å²) in [6, 6.07) is 14.7. The minimum Gasteiger partial charge on any atom is -0.495 e. The van der Waals surface area contributed by atoms with Crippen LogP contribution in [-0.4, -0.2) is 69.3 Å². The van der Waals surface area contributed by atoms with Gasteiger partial charge in [-0.1, -0.05) is 24.3 Å². The highest BCUT2D eigenvalue weighted by molar-refractivity contribution is 5.96. The van der Waals surface area contributed by atoms with Crippen LogP contribution in [0.2, 0.25) is 0 Å². The second kappa shape index (κ2) is 9.04. The van der Waals surface area contributed by atoms with E-state index in [9.17, 15) is 9.59 Å². The van der Waals surface area contributed by atoms with Gasteiger partial charge >= 0.3 is 0 Å². The molecular weight excluding hydrogens is 386 g/mol. The summed E-state index contributed by atoms with van der Waals surface area (Å²) < 4.78 is 16.6. The number of hydrogen-bond acceptors (Lipinski definition) is 6. The maximum absolute atomic E-state index is 13.0. The molecule has 2 aromatic carbocycles. The zero-order chi connectivity index (χ0) is 20.9. The SMILES string of the molecule is COc1ccccc1NC(=O)CN1C[C@@H](C(=O)N2CCOCC2)Oc2ccccc21. The Labute approximate surface area is 175 Å². The van der Waals surface area contributed by atoms with Crippen LogP contribution in [0.15, 0.2) is 48.5 Å². The number of nitrogens with one attached hydrogen (secondary N) is 1. The zero-order valence-corrected chi connectivity index (χ0v) is 16.9. The van der Waals surface area contributed by atoms with Crippen molar-refractivity contribution in [1.29, 1.82) is 0 Å². The normalized spacial score (nSPS) is 18.2. The van der Waals surface area contributed by atoms with Crippen molar-refractivity contribution in [3.8, 4) is 11.5 Å². The fourth-order valence-electron chi connectivity index (χ4n) is 3.68. The van der Waals surface area contributed by atoms with Gasteiger partial charge in [0.05, 0.1) is 44.8 Å². The van der Waals surface area contributed by atoms with Gasteiger partial charge in [0.25, 0.3) is 5.91 Å². The molecule has 2 aliphatic rings. The Hall–Kier alpha value is -3.26. The predicted molar refractivity (Wildman–Crippen MR) is 112 cm³/mol. The molecule has 0 saturated carbocycles. The minimum atomic E-state index is -0.669. The number of amides is 2. The van der Waals surface area contributed by atoms with Crippen LogP contribution in [0.5, 0.6) is 11.5 Å². The highest BCUT2D eigenvalue weighted by Crippen LogP contribution is 2.33. The van der Waals surface area contributed by atoms with Crippen LogP contribution in [0.4, 0.5) is 11.4 Å².